The van der Waals surface area contributed by atoms with Gasteiger partial charge in [-0.15, -0.1) is 0 Å². The maximum atomic E-state index is 12.6. The van der Waals surface area contributed by atoms with E-state index in [1.807, 2.05) is 54.6 Å². The molecule has 4 rings (SSSR count). The molecule has 0 bridgehead atoms. The van der Waals surface area contributed by atoms with Gasteiger partial charge in [0.2, 0.25) is 0 Å². The highest BCUT2D eigenvalue weighted by Crippen LogP contribution is 2.33. The minimum atomic E-state index is -0.160. The van der Waals surface area contributed by atoms with Crippen LogP contribution in [0.2, 0.25) is 0 Å². The van der Waals surface area contributed by atoms with Crippen molar-refractivity contribution in [2.75, 3.05) is 30.5 Å². The second-order valence-corrected chi connectivity index (χ2v) is 6.12. The number of rotatable bonds is 4. The van der Waals surface area contributed by atoms with Crippen molar-refractivity contribution in [3.8, 4) is 11.5 Å². The normalized spacial score (nSPS) is 12.3. The summed E-state index contributed by atoms with van der Waals surface area (Å²) in [5.74, 6) is 1.30. The van der Waals surface area contributed by atoms with Gasteiger partial charge in [-0.3, -0.25) is 4.79 Å². The van der Waals surface area contributed by atoms with Crippen LogP contribution in [0.1, 0.15) is 10.5 Å². The topological polar surface area (TPSA) is 63.7 Å². The van der Waals surface area contributed by atoms with E-state index in [0.717, 1.165) is 28.6 Å². The highest BCUT2D eigenvalue weighted by Gasteiger charge is 2.15. The molecule has 27 heavy (non-hydrogen) atoms. The number of fused-ring (bicyclic) bond motifs is 1. The monoisotopic (exact) mass is 361 g/mol. The Bertz CT molecular complexity index is 943. The molecular formula is C21H19N3O3. The van der Waals surface area contributed by atoms with E-state index in [9.17, 15) is 4.79 Å². The molecule has 1 aromatic heterocycles. The largest absolute Gasteiger partial charge is 0.486 e. The molecule has 1 amide bonds. The molecule has 0 atom stereocenters. The lowest BCUT2D eigenvalue weighted by molar-refractivity contribution is 0.0988. The number of pyridine rings is 1. The van der Waals surface area contributed by atoms with Crippen LogP contribution in [-0.2, 0) is 0 Å². The summed E-state index contributed by atoms with van der Waals surface area (Å²) in [4.78, 5) is 18.5. The molecule has 0 radical (unpaired) electrons. The molecule has 0 fully saturated rings. The molecule has 1 aliphatic rings. The van der Waals surface area contributed by atoms with Crippen molar-refractivity contribution in [2.45, 2.75) is 0 Å². The van der Waals surface area contributed by atoms with Gasteiger partial charge in [0, 0.05) is 24.5 Å². The van der Waals surface area contributed by atoms with Gasteiger partial charge in [0.05, 0.1) is 11.9 Å². The Balaban J connectivity index is 1.47. The molecule has 0 saturated carbocycles. The van der Waals surface area contributed by atoms with Crippen molar-refractivity contribution in [1.82, 2.24) is 4.98 Å². The minimum Gasteiger partial charge on any atom is -0.486 e. The lowest BCUT2D eigenvalue weighted by Gasteiger charge is -2.19. The van der Waals surface area contributed by atoms with Crippen LogP contribution in [-0.4, -0.2) is 31.2 Å². The number of hydrogen-bond acceptors (Lipinski definition) is 5. The number of aromatic nitrogens is 1. The van der Waals surface area contributed by atoms with Crippen LogP contribution in [0.3, 0.4) is 0 Å². The number of para-hydroxylation sites is 1. The molecule has 1 N–H and O–H groups in total. The van der Waals surface area contributed by atoms with Crippen LogP contribution >= 0.6 is 0 Å². The summed E-state index contributed by atoms with van der Waals surface area (Å²) >= 11 is 0. The molecule has 1 aliphatic heterocycles. The van der Waals surface area contributed by atoms with Crippen LogP contribution in [0.15, 0.2) is 66.9 Å². The molecule has 0 saturated heterocycles. The van der Waals surface area contributed by atoms with Crippen LogP contribution in [0.4, 0.5) is 17.1 Å². The van der Waals surface area contributed by atoms with E-state index < -0.39 is 0 Å². The SMILES string of the molecule is CN(C(=O)c1ccc(Nc2ccc3c(c2)OCCO3)cn1)c1ccccc1. The second kappa shape index (κ2) is 7.37. The summed E-state index contributed by atoms with van der Waals surface area (Å²) in [5, 5.41) is 3.26. The third-order valence-corrected chi connectivity index (χ3v) is 4.26. The Hall–Kier alpha value is -3.54. The number of amides is 1. The minimum absolute atomic E-state index is 0.160. The predicted molar refractivity (Wildman–Crippen MR) is 104 cm³/mol. The predicted octanol–water partition coefficient (Wildman–Crippen LogP) is 3.87. The number of carbonyl (C=O) groups excluding carboxylic acids is 1. The van der Waals surface area contributed by atoms with E-state index in [4.69, 9.17) is 9.47 Å². The van der Waals surface area contributed by atoms with Crippen molar-refractivity contribution < 1.29 is 14.3 Å². The first-order valence-corrected chi connectivity index (χ1v) is 8.66. The van der Waals surface area contributed by atoms with Gasteiger partial charge in [-0.1, -0.05) is 18.2 Å². The van der Waals surface area contributed by atoms with Crippen molar-refractivity contribution in [2.24, 2.45) is 0 Å². The molecule has 6 heteroatoms. The molecule has 2 aromatic carbocycles. The molecule has 0 aliphatic carbocycles. The number of carbonyl (C=O) groups is 1. The summed E-state index contributed by atoms with van der Waals surface area (Å²) < 4.78 is 11.1. The summed E-state index contributed by atoms with van der Waals surface area (Å²) in [5.41, 5.74) is 2.85. The third-order valence-electron chi connectivity index (χ3n) is 4.26. The van der Waals surface area contributed by atoms with E-state index in [2.05, 4.69) is 10.3 Å². The van der Waals surface area contributed by atoms with Crippen molar-refractivity contribution in [3.63, 3.8) is 0 Å². The first-order chi connectivity index (χ1) is 13.2. The highest BCUT2D eigenvalue weighted by molar-refractivity contribution is 6.04. The van der Waals surface area contributed by atoms with Gasteiger partial charge in [0.1, 0.15) is 18.9 Å². The molecule has 3 aromatic rings. The van der Waals surface area contributed by atoms with E-state index >= 15 is 0 Å². The average molecular weight is 361 g/mol. The van der Waals surface area contributed by atoms with E-state index in [-0.39, 0.29) is 5.91 Å². The first-order valence-electron chi connectivity index (χ1n) is 8.66. The molecule has 2 heterocycles. The lowest BCUT2D eigenvalue weighted by atomic mass is 10.2. The standard InChI is InChI=1S/C21H19N3O3/c1-24(17-5-3-2-4-6-17)21(25)18-9-7-16(14-22-18)23-15-8-10-19-20(13-15)27-12-11-26-19/h2-10,13-14,23H,11-12H2,1H3. The number of hydrogen-bond donors (Lipinski definition) is 1. The van der Waals surface area contributed by atoms with Crippen LogP contribution < -0.4 is 19.7 Å². The lowest BCUT2D eigenvalue weighted by Crippen LogP contribution is -2.26. The van der Waals surface area contributed by atoms with E-state index in [1.165, 1.54) is 0 Å². The molecule has 136 valence electrons. The van der Waals surface area contributed by atoms with Gasteiger partial charge in [0.25, 0.3) is 5.91 Å². The maximum Gasteiger partial charge on any atom is 0.276 e. The molecule has 0 spiro atoms. The van der Waals surface area contributed by atoms with Gasteiger partial charge < -0.3 is 19.7 Å². The zero-order valence-corrected chi connectivity index (χ0v) is 14.9. The zero-order chi connectivity index (χ0) is 18.6. The Morgan fingerprint density at radius 1 is 0.963 bits per heavy atom. The Morgan fingerprint density at radius 2 is 1.70 bits per heavy atom. The summed E-state index contributed by atoms with van der Waals surface area (Å²) in [6.45, 7) is 1.11. The van der Waals surface area contributed by atoms with Gasteiger partial charge in [-0.25, -0.2) is 4.98 Å². The van der Waals surface area contributed by atoms with Gasteiger partial charge in [-0.2, -0.15) is 0 Å². The number of ether oxygens (including phenoxy) is 2. The number of anilines is 3. The maximum absolute atomic E-state index is 12.6. The van der Waals surface area contributed by atoms with Crippen molar-refractivity contribution in [1.29, 1.82) is 0 Å². The molecule has 0 unspecified atom stereocenters. The summed E-state index contributed by atoms with van der Waals surface area (Å²) in [7, 11) is 1.74. The summed E-state index contributed by atoms with van der Waals surface area (Å²) in [6.07, 6.45) is 1.64. The van der Waals surface area contributed by atoms with Crippen molar-refractivity contribution >= 4 is 23.0 Å². The summed E-state index contributed by atoms with van der Waals surface area (Å²) in [6, 6.07) is 18.7. The number of benzene rings is 2. The van der Waals surface area contributed by atoms with E-state index in [0.29, 0.717) is 18.9 Å². The Morgan fingerprint density at radius 3 is 2.44 bits per heavy atom. The smallest absolute Gasteiger partial charge is 0.276 e. The zero-order valence-electron chi connectivity index (χ0n) is 14.9. The average Bonchev–Trinajstić information content (AvgIpc) is 2.74. The fourth-order valence-electron chi connectivity index (χ4n) is 2.82. The fourth-order valence-corrected chi connectivity index (χ4v) is 2.82. The van der Waals surface area contributed by atoms with Crippen LogP contribution in [0.25, 0.3) is 0 Å². The Labute approximate surface area is 157 Å². The number of nitrogens with zero attached hydrogens (tertiary/aromatic N) is 2. The van der Waals surface area contributed by atoms with Gasteiger partial charge in [-0.05, 0) is 36.4 Å². The highest BCUT2D eigenvalue weighted by atomic mass is 16.6. The van der Waals surface area contributed by atoms with E-state index in [1.54, 1.807) is 24.2 Å². The first kappa shape index (κ1) is 16.9. The molecule has 6 nitrogen and oxygen atoms in total. The quantitative estimate of drug-likeness (QED) is 0.764. The van der Waals surface area contributed by atoms with Crippen LogP contribution in [0.5, 0.6) is 11.5 Å². The number of nitrogens with one attached hydrogen (secondary N) is 1. The Kier molecular flexibility index (Phi) is 4.61. The second-order valence-electron chi connectivity index (χ2n) is 6.12. The van der Waals surface area contributed by atoms with Crippen LogP contribution in [0, 0.1) is 0 Å². The fraction of sp³-hybridized carbons (Fsp3) is 0.143. The van der Waals surface area contributed by atoms with Gasteiger partial charge >= 0.3 is 0 Å². The van der Waals surface area contributed by atoms with Gasteiger partial charge in [0.15, 0.2) is 11.5 Å². The van der Waals surface area contributed by atoms with Crippen molar-refractivity contribution in [3.05, 3.63) is 72.6 Å². The third kappa shape index (κ3) is 3.69. The molecular weight excluding hydrogens is 342 g/mol.